The molecule has 1 saturated heterocycles. The number of pyridine rings is 1. The summed E-state index contributed by atoms with van der Waals surface area (Å²) in [5.41, 5.74) is 2.21. The lowest BCUT2D eigenvalue weighted by molar-refractivity contribution is 0.0892. The van der Waals surface area contributed by atoms with E-state index in [9.17, 15) is 4.79 Å². The molecule has 124 valence electrons. The second kappa shape index (κ2) is 7.28. The molecule has 0 aliphatic carbocycles. The highest BCUT2D eigenvalue weighted by atomic mass is 16.2. The molecular formula is C18H21N5O. The first-order chi connectivity index (χ1) is 11.7. The van der Waals surface area contributed by atoms with Gasteiger partial charge in [0.25, 0.3) is 5.91 Å². The molecular weight excluding hydrogens is 302 g/mol. The lowest BCUT2D eigenvalue weighted by Crippen LogP contribution is -2.47. The third-order valence-corrected chi connectivity index (χ3v) is 4.34. The molecule has 1 aliphatic rings. The molecule has 3 rings (SSSR count). The van der Waals surface area contributed by atoms with E-state index in [1.54, 1.807) is 30.1 Å². The van der Waals surface area contributed by atoms with Gasteiger partial charge in [-0.3, -0.25) is 14.7 Å². The summed E-state index contributed by atoms with van der Waals surface area (Å²) in [7, 11) is 1.78. The van der Waals surface area contributed by atoms with E-state index in [1.165, 1.54) is 5.56 Å². The fraction of sp³-hybridized carbons (Fsp3) is 0.389. The molecule has 6 heteroatoms. The number of nitrogens with zero attached hydrogens (tertiary/aromatic N) is 4. The van der Waals surface area contributed by atoms with Crippen LogP contribution in [0.25, 0.3) is 0 Å². The molecule has 1 atom stereocenters. The van der Waals surface area contributed by atoms with Gasteiger partial charge in [0.05, 0.1) is 5.56 Å². The molecule has 0 unspecified atom stereocenters. The second-order valence-corrected chi connectivity index (χ2v) is 6.25. The number of nitriles is 1. The number of nitrogens with one attached hydrogen (secondary N) is 1. The van der Waals surface area contributed by atoms with Crippen LogP contribution in [0.1, 0.15) is 34.5 Å². The lowest BCUT2D eigenvalue weighted by Gasteiger charge is -2.33. The van der Waals surface area contributed by atoms with Crippen molar-refractivity contribution in [1.82, 2.24) is 19.8 Å². The van der Waals surface area contributed by atoms with Crippen molar-refractivity contribution in [3.8, 4) is 6.07 Å². The molecule has 6 nitrogen and oxygen atoms in total. The predicted molar refractivity (Wildman–Crippen MR) is 90.1 cm³/mol. The van der Waals surface area contributed by atoms with Gasteiger partial charge in [-0.2, -0.15) is 5.26 Å². The van der Waals surface area contributed by atoms with Crippen LogP contribution in [0.15, 0.2) is 36.8 Å². The van der Waals surface area contributed by atoms with E-state index in [0.717, 1.165) is 32.5 Å². The van der Waals surface area contributed by atoms with Crippen LogP contribution in [0.3, 0.4) is 0 Å². The molecule has 0 saturated carbocycles. The van der Waals surface area contributed by atoms with Gasteiger partial charge in [0.15, 0.2) is 0 Å². The number of aromatic nitrogens is 2. The van der Waals surface area contributed by atoms with Crippen LogP contribution in [0, 0.1) is 11.3 Å². The molecule has 1 fully saturated rings. The monoisotopic (exact) mass is 323 g/mol. The molecule has 2 aromatic heterocycles. The molecule has 2 aromatic rings. The summed E-state index contributed by atoms with van der Waals surface area (Å²) in [6.07, 6.45) is 7.37. The number of likely N-dealkylation sites (tertiary alicyclic amines) is 1. The van der Waals surface area contributed by atoms with Gasteiger partial charge >= 0.3 is 0 Å². The standard InChI is InChI=1S/C18H21N5O/c1-22-11-15(9-19)8-17(22)18(24)21-16-5-3-7-23(13-16)12-14-4-2-6-20-10-14/h2,4,6,8,10-11,16H,3,5,7,12-13H2,1H3,(H,21,24)/t16-/m1/s1. The fourth-order valence-corrected chi connectivity index (χ4v) is 3.18. The van der Waals surface area contributed by atoms with E-state index < -0.39 is 0 Å². The van der Waals surface area contributed by atoms with E-state index in [0.29, 0.717) is 11.3 Å². The fourth-order valence-electron chi connectivity index (χ4n) is 3.18. The van der Waals surface area contributed by atoms with Gasteiger partial charge < -0.3 is 9.88 Å². The van der Waals surface area contributed by atoms with Gasteiger partial charge in [-0.1, -0.05) is 6.07 Å². The molecule has 24 heavy (non-hydrogen) atoms. The molecule has 0 aromatic carbocycles. The summed E-state index contributed by atoms with van der Waals surface area (Å²) in [5, 5.41) is 12.0. The molecule has 0 spiro atoms. The molecule has 0 radical (unpaired) electrons. The Morgan fingerprint density at radius 3 is 3.12 bits per heavy atom. The van der Waals surface area contributed by atoms with Gasteiger partial charge in [-0.05, 0) is 37.1 Å². The Labute approximate surface area is 141 Å². The van der Waals surface area contributed by atoms with Crippen LogP contribution in [0.2, 0.25) is 0 Å². The number of rotatable bonds is 4. The first-order valence-corrected chi connectivity index (χ1v) is 8.14. The molecule has 0 bridgehead atoms. The number of amides is 1. The maximum Gasteiger partial charge on any atom is 0.268 e. The third-order valence-electron chi connectivity index (χ3n) is 4.34. The Morgan fingerprint density at radius 2 is 2.42 bits per heavy atom. The van der Waals surface area contributed by atoms with Gasteiger partial charge in [0.2, 0.25) is 0 Å². The maximum atomic E-state index is 12.5. The summed E-state index contributed by atoms with van der Waals surface area (Å²) in [6, 6.07) is 7.84. The zero-order valence-corrected chi connectivity index (χ0v) is 13.8. The predicted octanol–water partition coefficient (Wildman–Crippen LogP) is 1.69. The van der Waals surface area contributed by atoms with Crippen molar-refractivity contribution in [1.29, 1.82) is 5.26 Å². The Balaban J connectivity index is 1.59. The summed E-state index contributed by atoms with van der Waals surface area (Å²) >= 11 is 0. The first kappa shape index (κ1) is 16.2. The van der Waals surface area contributed by atoms with Gasteiger partial charge in [0, 0.05) is 44.8 Å². The Kier molecular flexibility index (Phi) is 4.92. The Hall–Kier alpha value is -2.65. The van der Waals surface area contributed by atoms with Crippen LogP contribution in [0.4, 0.5) is 0 Å². The topological polar surface area (TPSA) is 74.0 Å². The highest BCUT2D eigenvalue weighted by Gasteiger charge is 2.23. The van der Waals surface area contributed by atoms with Gasteiger partial charge in [0.1, 0.15) is 11.8 Å². The van der Waals surface area contributed by atoms with Crippen LogP contribution in [0.5, 0.6) is 0 Å². The van der Waals surface area contributed by atoms with Crippen molar-refractivity contribution >= 4 is 5.91 Å². The summed E-state index contributed by atoms with van der Waals surface area (Å²) < 4.78 is 1.70. The lowest BCUT2D eigenvalue weighted by atomic mass is 10.0. The van der Waals surface area contributed by atoms with Crippen molar-refractivity contribution in [3.63, 3.8) is 0 Å². The summed E-state index contributed by atoms with van der Waals surface area (Å²) in [5.74, 6) is -0.118. The molecule has 1 amide bonds. The number of carbonyl (C=O) groups excluding carboxylic acids is 1. The first-order valence-electron chi connectivity index (χ1n) is 8.14. The minimum atomic E-state index is -0.118. The van der Waals surface area contributed by atoms with Crippen molar-refractivity contribution in [2.75, 3.05) is 13.1 Å². The highest BCUT2D eigenvalue weighted by molar-refractivity contribution is 5.93. The van der Waals surface area contributed by atoms with Crippen molar-refractivity contribution < 1.29 is 4.79 Å². The van der Waals surface area contributed by atoms with Gasteiger partial charge in [-0.15, -0.1) is 0 Å². The van der Waals surface area contributed by atoms with E-state index >= 15 is 0 Å². The zero-order chi connectivity index (χ0) is 16.9. The SMILES string of the molecule is Cn1cc(C#N)cc1C(=O)N[C@@H]1CCCN(Cc2cccnc2)C1. The molecule has 1 aliphatic heterocycles. The number of aryl methyl sites for hydroxylation is 1. The maximum absolute atomic E-state index is 12.5. The average molecular weight is 323 g/mol. The summed E-state index contributed by atoms with van der Waals surface area (Å²) in [6.45, 7) is 2.71. The molecule has 3 heterocycles. The zero-order valence-electron chi connectivity index (χ0n) is 13.8. The van der Waals surface area contributed by atoms with Gasteiger partial charge in [-0.25, -0.2) is 0 Å². The smallest absolute Gasteiger partial charge is 0.268 e. The minimum Gasteiger partial charge on any atom is -0.347 e. The number of carbonyl (C=O) groups is 1. The minimum absolute atomic E-state index is 0.118. The van der Waals surface area contributed by atoms with Crippen LogP contribution >= 0.6 is 0 Å². The largest absolute Gasteiger partial charge is 0.347 e. The Bertz CT molecular complexity index is 747. The second-order valence-electron chi connectivity index (χ2n) is 6.25. The quantitative estimate of drug-likeness (QED) is 0.929. The normalized spacial score (nSPS) is 18.1. The van der Waals surface area contributed by atoms with Crippen LogP contribution < -0.4 is 5.32 Å². The van der Waals surface area contributed by atoms with Crippen molar-refractivity contribution in [2.45, 2.75) is 25.4 Å². The number of hydrogen-bond donors (Lipinski definition) is 1. The Morgan fingerprint density at radius 1 is 1.54 bits per heavy atom. The average Bonchev–Trinajstić information content (AvgIpc) is 2.97. The van der Waals surface area contributed by atoms with E-state index in [4.69, 9.17) is 5.26 Å². The molecule has 1 N–H and O–H groups in total. The number of piperidine rings is 1. The van der Waals surface area contributed by atoms with Crippen LogP contribution in [-0.2, 0) is 13.6 Å². The number of hydrogen-bond acceptors (Lipinski definition) is 4. The van der Waals surface area contributed by atoms with Crippen molar-refractivity contribution in [3.05, 3.63) is 53.6 Å². The van der Waals surface area contributed by atoms with E-state index in [2.05, 4.69) is 27.3 Å². The van der Waals surface area contributed by atoms with E-state index in [-0.39, 0.29) is 11.9 Å². The van der Waals surface area contributed by atoms with Crippen molar-refractivity contribution in [2.24, 2.45) is 7.05 Å². The highest BCUT2D eigenvalue weighted by Crippen LogP contribution is 2.14. The summed E-state index contributed by atoms with van der Waals surface area (Å²) in [4.78, 5) is 19.0. The third kappa shape index (κ3) is 3.81. The van der Waals surface area contributed by atoms with E-state index in [1.807, 2.05) is 12.3 Å². The van der Waals surface area contributed by atoms with Crippen LogP contribution in [-0.4, -0.2) is 39.5 Å².